The van der Waals surface area contributed by atoms with Gasteiger partial charge < -0.3 is 5.11 Å². The van der Waals surface area contributed by atoms with E-state index in [1.165, 1.54) is 6.20 Å². The van der Waals surface area contributed by atoms with E-state index in [2.05, 4.69) is 15.0 Å². The van der Waals surface area contributed by atoms with Gasteiger partial charge in [-0.25, -0.2) is 9.78 Å². The summed E-state index contributed by atoms with van der Waals surface area (Å²) in [4.78, 5) is 17.2. The molecule has 0 saturated heterocycles. The Balaban J connectivity index is 2.72. The molecule has 0 bridgehead atoms. The average molecular weight is 218 g/mol. The van der Waals surface area contributed by atoms with Gasteiger partial charge in [0.25, 0.3) is 0 Å². The second kappa shape index (κ2) is 6.21. The molecule has 0 fully saturated rings. The van der Waals surface area contributed by atoms with E-state index in [1.54, 1.807) is 24.3 Å². The fraction of sp³-hybridized carbons (Fsp3) is 0.200. The lowest BCUT2D eigenvalue weighted by Gasteiger charge is -1.98. The predicted molar refractivity (Wildman–Crippen MR) is 58.9 cm³/mol. The molecule has 0 aromatic carbocycles. The van der Waals surface area contributed by atoms with Crippen LogP contribution in [-0.4, -0.2) is 22.6 Å². The minimum absolute atomic E-state index is 0.0162. The molecule has 6 nitrogen and oxygen atoms in total. The fourth-order valence-electron chi connectivity index (χ4n) is 1.12. The van der Waals surface area contributed by atoms with Gasteiger partial charge in [0.1, 0.15) is 0 Å². The van der Waals surface area contributed by atoms with Crippen LogP contribution in [0.4, 0.5) is 0 Å². The van der Waals surface area contributed by atoms with Gasteiger partial charge in [-0.05, 0) is 18.0 Å². The van der Waals surface area contributed by atoms with Crippen molar-refractivity contribution in [3.63, 3.8) is 0 Å². The van der Waals surface area contributed by atoms with Crippen LogP contribution in [0.5, 0.6) is 0 Å². The Morgan fingerprint density at radius 3 is 3.19 bits per heavy atom. The van der Waals surface area contributed by atoms with Crippen molar-refractivity contribution < 1.29 is 9.90 Å². The van der Waals surface area contributed by atoms with Gasteiger partial charge in [0.05, 0.1) is 0 Å². The Labute approximate surface area is 91.9 Å². The van der Waals surface area contributed by atoms with Gasteiger partial charge in [0.2, 0.25) is 0 Å². The third-order valence-electron chi connectivity index (χ3n) is 1.80. The first kappa shape index (κ1) is 11.7. The molecule has 0 radical (unpaired) electrons. The smallest absolute Gasteiger partial charge is 0.355 e. The third-order valence-corrected chi connectivity index (χ3v) is 1.80. The molecule has 82 valence electrons. The van der Waals surface area contributed by atoms with Crippen molar-refractivity contribution in [1.29, 1.82) is 0 Å². The van der Waals surface area contributed by atoms with Crippen LogP contribution < -0.4 is 0 Å². The van der Waals surface area contributed by atoms with Crippen LogP contribution in [0.1, 0.15) is 22.5 Å². The van der Waals surface area contributed by atoms with Gasteiger partial charge in [-0.3, -0.25) is 0 Å². The monoisotopic (exact) mass is 218 g/mol. The molecule has 16 heavy (non-hydrogen) atoms. The molecule has 1 rings (SSSR count). The number of nitrogens with zero attached hydrogens (tertiary/aromatic N) is 4. The van der Waals surface area contributed by atoms with Gasteiger partial charge in [-0.1, -0.05) is 23.3 Å². The van der Waals surface area contributed by atoms with Crippen molar-refractivity contribution in [2.24, 2.45) is 5.11 Å². The largest absolute Gasteiger partial charge is 0.476 e. The maximum atomic E-state index is 10.8. The highest BCUT2D eigenvalue weighted by Crippen LogP contribution is 2.08. The maximum Gasteiger partial charge on any atom is 0.355 e. The zero-order valence-corrected chi connectivity index (χ0v) is 8.45. The van der Waals surface area contributed by atoms with Gasteiger partial charge >= 0.3 is 5.97 Å². The van der Waals surface area contributed by atoms with E-state index in [4.69, 9.17) is 10.6 Å². The van der Waals surface area contributed by atoms with Gasteiger partial charge in [0.15, 0.2) is 5.69 Å². The van der Waals surface area contributed by atoms with Gasteiger partial charge in [-0.2, -0.15) is 0 Å². The normalized spacial score (nSPS) is 10.0. The zero-order chi connectivity index (χ0) is 11.8. The van der Waals surface area contributed by atoms with E-state index >= 15 is 0 Å². The molecule has 0 aliphatic rings. The van der Waals surface area contributed by atoms with Crippen molar-refractivity contribution in [3.8, 4) is 0 Å². The minimum Gasteiger partial charge on any atom is -0.476 e. The van der Waals surface area contributed by atoms with E-state index in [-0.39, 0.29) is 5.69 Å². The summed E-state index contributed by atoms with van der Waals surface area (Å²) in [7, 11) is 0. The second-order valence-corrected chi connectivity index (χ2v) is 2.89. The average Bonchev–Trinajstić information content (AvgIpc) is 2.29. The summed E-state index contributed by atoms with van der Waals surface area (Å²) in [6.07, 6.45) is 5.40. The van der Waals surface area contributed by atoms with Crippen molar-refractivity contribution in [1.82, 2.24) is 4.98 Å². The van der Waals surface area contributed by atoms with E-state index in [0.717, 1.165) is 0 Å². The van der Waals surface area contributed by atoms with Crippen LogP contribution in [0.2, 0.25) is 0 Å². The molecule has 1 N–H and O–H groups in total. The SMILES string of the molecule is [N-]=[N+]=NCCC=Cc1cccnc1C(=O)O. The van der Waals surface area contributed by atoms with Crippen LogP contribution in [-0.2, 0) is 0 Å². The zero-order valence-electron chi connectivity index (χ0n) is 8.45. The summed E-state index contributed by atoms with van der Waals surface area (Å²) in [5.41, 5.74) is 8.60. The summed E-state index contributed by atoms with van der Waals surface area (Å²) in [6, 6.07) is 3.33. The number of carbonyl (C=O) groups is 1. The van der Waals surface area contributed by atoms with Crippen molar-refractivity contribution >= 4 is 12.0 Å². The van der Waals surface area contributed by atoms with Crippen LogP contribution in [0.3, 0.4) is 0 Å². The first-order valence-electron chi connectivity index (χ1n) is 4.61. The summed E-state index contributed by atoms with van der Waals surface area (Å²) >= 11 is 0. The van der Waals surface area contributed by atoms with Crippen molar-refractivity contribution in [2.45, 2.75) is 6.42 Å². The van der Waals surface area contributed by atoms with Crippen LogP contribution >= 0.6 is 0 Å². The third kappa shape index (κ3) is 3.43. The molecule has 0 atom stereocenters. The number of pyridine rings is 1. The Kier molecular flexibility index (Phi) is 4.56. The molecule has 0 aliphatic carbocycles. The quantitative estimate of drug-likeness (QED) is 0.355. The number of aromatic nitrogens is 1. The highest BCUT2D eigenvalue weighted by atomic mass is 16.4. The van der Waals surface area contributed by atoms with E-state index in [0.29, 0.717) is 18.5 Å². The van der Waals surface area contributed by atoms with E-state index < -0.39 is 5.97 Å². The van der Waals surface area contributed by atoms with Crippen molar-refractivity contribution in [2.75, 3.05) is 6.54 Å². The number of hydrogen-bond acceptors (Lipinski definition) is 3. The number of rotatable bonds is 5. The molecule has 1 aromatic rings. The molecule has 0 saturated carbocycles. The summed E-state index contributed by atoms with van der Waals surface area (Å²) in [5, 5.41) is 12.2. The molecule has 0 aliphatic heterocycles. The van der Waals surface area contributed by atoms with Crippen LogP contribution in [0, 0.1) is 0 Å². The summed E-state index contributed by atoms with van der Waals surface area (Å²) in [5.74, 6) is -1.06. The van der Waals surface area contributed by atoms with Crippen LogP contribution in [0.15, 0.2) is 29.5 Å². The molecule has 0 spiro atoms. The number of azide groups is 1. The predicted octanol–water partition coefficient (Wildman–Crippen LogP) is 2.49. The second-order valence-electron chi connectivity index (χ2n) is 2.89. The molecule has 1 heterocycles. The lowest BCUT2D eigenvalue weighted by Crippen LogP contribution is -2.02. The lowest BCUT2D eigenvalue weighted by atomic mass is 10.1. The Morgan fingerprint density at radius 1 is 1.69 bits per heavy atom. The van der Waals surface area contributed by atoms with E-state index in [1.807, 2.05) is 0 Å². The van der Waals surface area contributed by atoms with Crippen LogP contribution in [0.25, 0.3) is 16.5 Å². The first-order valence-corrected chi connectivity index (χ1v) is 4.61. The molecule has 0 amide bonds. The van der Waals surface area contributed by atoms with E-state index in [9.17, 15) is 4.79 Å². The van der Waals surface area contributed by atoms with Gasteiger partial charge in [-0.15, -0.1) is 0 Å². The minimum atomic E-state index is -1.06. The van der Waals surface area contributed by atoms with Gasteiger partial charge in [0, 0.05) is 23.2 Å². The van der Waals surface area contributed by atoms with Crippen molar-refractivity contribution in [3.05, 3.63) is 46.1 Å². The fourth-order valence-corrected chi connectivity index (χ4v) is 1.12. The maximum absolute atomic E-state index is 10.8. The number of carboxylic acids is 1. The molecular formula is C10H10N4O2. The Bertz CT molecular complexity index is 450. The standard InChI is InChI=1S/C10H10N4O2/c11-14-13-7-2-1-4-8-5-3-6-12-9(8)10(15)16/h1,3-6H,2,7H2,(H,15,16). The number of carboxylic acid groups (broad SMARTS) is 1. The highest BCUT2D eigenvalue weighted by Gasteiger charge is 2.07. The molecule has 0 unspecified atom stereocenters. The number of aromatic carboxylic acids is 1. The molecule has 1 aromatic heterocycles. The summed E-state index contributed by atoms with van der Waals surface area (Å²) < 4.78 is 0. The highest BCUT2D eigenvalue weighted by molar-refractivity contribution is 5.89. The summed E-state index contributed by atoms with van der Waals surface area (Å²) in [6.45, 7) is 0.357. The molecular weight excluding hydrogens is 208 g/mol. The Hall–Kier alpha value is -2.33. The first-order chi connectivity index (χ1) is 7.75. The molecule has 6 heteroatoms. The Morgan fingerprint density at radius 2 is 2.50 bits per heavy atom. The number of hydrogen-bond donors (Lipinski definition) is 1. The lowest BCUT2D eigenvalue weighted by molar-refractivity contribution is 0.0690. The topological polar surface area (TPSA) is 99.0 Å².